The summed E-state index contributed by atoms with van der Waals surface area (Å²) in [6, 6.07) is 1.10. The first kappa shape index (κ1) is 21.2. The SMILES string of the molecule is CNc1nc(OC=O)cc(N2CCCC(NC(=O)OC(C)(C)C)C2)c1[N+](=O)[O-]. The van der Waals surface area contributed by atoms with Gasteiger partial charge in [0.25, 0.3) is 6.47 Å². The molecule has 154 valence electrons. The maximum atomic E-state index is 12.0. The fourth-order valence-electron chi connectivity index (χ4n) is 3.00. The second-order valence-electron chi connectivity index (χ2n) is 7.33. The van der Waals surface area contributed by atoms with E-state index in [-0.39, 0.29) is 35.6 Å². The van der Waals surface area contributed by atoms with E-state index in [0.717, 1.165) is 0 Å². The number of pyridine rings is 1. The average Bonchev–Trinajstić information content (AvgIpc) is 2.59. The van der Waals surface area contributed by atoms with Crippen LogP contribution in [0.25, 0.3) is 0 Å². The Hall–Kier alpha value is -3.11. The summed E-state index contributed by atoms with van der Waals surface area (Å²) >= 11 is 0. The molecule has 1 fully saturated rings. The Bertz CT molecular complexity index is 748. The molecule has 1 aromatic rings. The van der Waals surface area contributed by atoms with E-state index in [2.05, 4.69) is 15.6 Å². The molecule has 2 heterocycles. The van der Waals surface area contributed by atoms with Crippen LogP contribution in [0.1, 0.15) is 33.6 Å². The molecular weight excluding hydrogens is 370 g/mol. The van der Waals surface area contributed by atoms with Crippen molar-refractivity contribution in [3.05, 3.63) is 16.2 Å². The Labute approximate surface area is 162 Å². The average molecular weight is 395 g/mol. The molecule has 0 aliphatic carbocycles. The van der Waals surface area contributed by atoms with Gasteiger partial charge in [0.1, 0.15) is 11.3 Å². The van der Waals surface area contributed by atoms with Gasteiger partial charge in [0, 0.05) is 32.2 Å². The third-order valence-electron chi connectivity index (χ3n) is 4.02. The Morgan fingerprint density at radius 1 is 1.46 bits per heavy atom. The summed E-state index contributed by atoms with van der Waals surface area (Å²) in [5, 5.41) is 17.1. The summed E-state index contributed by atoms with van der Waals surface area (Å²) in [6.07, 6.45) is 0.883. The molecule has 1 amide bonds. The van der Waals surface area contributed by atoms with Crippen molar-refractivity contribution in [2.24, 2.45) is 0 Å². The number of carbonyl (C=O) groups excluding carboxylic acids is 2. The molecule has 0 aromatic carbocycles. The summed E-state index contributed by atoms with van der Waals surface area (Å²) in [5.41, 5.74) is -0.582. The number of nitrogens with zero attached hydrogens (tertiary/aromatic N) is 3. The van der Waals surface area contributed by atoms with Crippen LogP contribution in [0.15, 0.2) is 6.07 Å². The van der Waals surface area contributed by atoms with Crippen LogP contribution in [-0.2, 0) is 9.53 Å². The van der Waals surface area contributed by atoms with Crippen molar-refractivity contribution in [1.82, 2.24) is 10.3 Å². The van der Waals surface area contributed by atoms with Crippen molar-refractivity contribution in [3.63, 3.8) is 0 Å². The van der Waals surface area contributed by atoms with Gasteiger partial charge in [-0.3, -0.25) is 14.9 Å². The molecule has 28 heavy (non-hydrogen) atoms. The Balaban J connectivity index is 2.27. The van der Waals surface area contributed by atoms with E-state index in [1.54, 1.807) is 25.7 Å². The second-order valence-corrected chi connectivity index (χ2v) is 7.33. The minimum absolute atomic E-state index is 0.0124. The first-order valence-corrected chi connectivity index (χ1v) is 8.86. The zero-order valence-electron chi connectivity index (χ0n) is 16.4. The molecular formula is C17H25N5O6. The monoisotopic (exact) mass is 395 g/mol. The maximum absolute atomic E-state index is 12.0. The zero-order chi connectivity index (χ0) is 20.9. The zero-order valence-corrected chi connectivity index (χ0v) is 16.4. The first-order chi connectivity index (χ1) is 13.1. The lowest BCUT2D eigenvalue weighted by molar-refractivity contribution is -0.383. The van der Waals surface area contributed by atoms with E-state index in [9.17, 15) is 19.7 Å². The lowest BCUT2D eigenvalue weighted by Gasteiger charge is -2.34. The topological polar surface area (TPSA) is 136 Å². The Morgan fingerprint density at radius 3 is 2.75 bits per heavy atom. The van der Waals surface area contributed by atoms with Gasteiger partial charge in [-0.05, 0) is 33.6 Å². The summed E-state index contributed by atoms with van der Waals surface area (Å²) in [6.45, 7) is 6.41. The number of carbonyl (C=O) groups is 2. The fourth-order valence-corrected chi connectivity index (χ4v) is 3.00. The smallest absolute Gasteiger partial charge is 0.407 e. The predicted octanol–water partition coefficient (Wildman–Crippen LogP) is 2.06. The van der Waals surface area contributed by atoms with Crippen LogP contribution in [0.2, 0.25) is 0 Å². The molecule has 0 spiro atoms. The molecule has 1 aliphatic heterocycles. The predicted molar refractivity (Wildman–Crippen MR) is 102 cm³/mol. The molecule has 1 aliphatic rings. The van der Waals surface area contributed by atoms with Crippen LogP contribution in [-0.4, -0.2) is 54.3 Å². The van der Waals surface area contributed by atoms with Crippen molar-refractivity contribution >= 4 is 29.8 Å². The highest BCUT2D eigenvalue weighted by Crippen LogP contribution is 2.38. The highest BCUT2D eigenvalue weighted by Gasteiger charge is 2.31. The minimum atomic E-state index is -0.620. The molecule has 0 bridgehead atoms. The molecule has 1 atom stereocenters. The third kappa shape index (κ3) is 5.44. The number of hydrogen-bond donors (Lipinski definition) is 2. The van der Waals surface area contributed by atoms with Gasteiger partial charge in [-0.25, -0.2) is 4.79 Å². The maximum Gasteiger partial charge on any atom is 0.407 e. The number of hydrogen-bond acceptors (Lipinski definition) is 9. The number of amides is 1. The summed E-state index contributed by atoms with van der Waals surface area (Å²) < 4.78 is 10.1. The van der Waals surface area contributed by atoms with Crippen LogP contribution in [0, 0.1) is 10.1 Å². The number of alkyl carbamates (subject to hydrolysis) is 1. The summed E-state index contributed by atoms with van der Waals surface area (Å²) in [5.74, 6) is -0.0660. The van der Waals surface area contributed by atoms with Crippen molar-refractivity contribution in [2.75, 3.05) is 30.4 Å². The normalized spacial score (nSPS) is 16.9. The third-order valence-corrected chi connectivity index (χ3v) is 4.02. The van der Waals surface area contributed by atoms with E-state index in [0.29, 0.717) is 25.9 Å². The van der Waals surface area contributed by atoms with E-state index in [1.807, 2.05) is 0 Å². The van der Waals surface area contributed by atoms with Crippen LogP contribution >= 0.6 is 0 Å². The van der Waals surface area contributed by atoms with E-state index in [4.69, 9.17) is 9.47 Å². The number of nitrogens with one attached hydrogen (secondary N) is 2. The van der Waals surface area contributed by atoms with Crippen molar-refractivity contribution in [2.45, 2.75) is 45.3 Å². The molecule has 0 radical (unpaired) electrons. The minimum Gasteiger partial charge on any atom is -0.444 e. The number of nitro groups is 1. The van der Waals surface area contributed by atoms with Gasteiger partial charge in [-0.2, -0.15) is 4.98 Å². The van der Waals surface area contributed by atoms with Crippen LogP contribution in [0.4, 0.5) is 22.0 Å². The lowest BCUT2D eigenvalue weighted by atomic mass is 10.0. The summed E-state index contributed by atoms with van der Waals surface area (Å²) in [7, 11) is 1.49. The van der Waals surface area contributed by atoms with Crippen molar-refractivity contribution < 1.29 is 24.0 Å². The fraction of sp³-hybridized carbons (Fsp3) is 0.588. The quantitative estimate of drug-likeness (QED) is 0.421. The molecule has 2 N–H and O–H groups in total. The molecule has 0 saturated carbocycles. The summed E-state index contributed by atoms with van der Waals surface area (Å²) in [4.78, 5) is 39.5. The number of aromatic nitrogens is 1. The van der Waals surface area contributed by atoms with E-state index >= 15 is 0 Å². The standard InChI is InChI=1S/C17H25N5O6/c1-17(2,3)28-16(24)19-11-6-5-7-21(9-11)12-8-13(27-10-23)20-15(18-4)14(12)22(25)26/h8,10-11H,5-7,9H2,1-4H3,(H,18,20)(H,19,24). The van der Waals surface area contributed by atoms with Crippen LogP contribution in [0.3, 0.4) is 0 Å². The van der Waals surface area contributed by atoms with Crippen LogP contribution in [0.5, 0.6) is 5.88 Å². The molecule has 1 unspecified atom stereocenters. The van der Waals surface area contributed by atoms with Crippen molar-refractivity contribution in [1.29, 1.82) is 0 Å². The molecule has 11 nitrogen and oxygen atoms in total. The van der Waals surface area contributed by atoms with Crippen molar-refractivity contribution in [3.8, 4) is 5.88 Å². The number of ether oxygens (including phenoxy) is 2. The highest BCUT2D eigenvalue weighted by molar-refractivity contribution is 5.76. The van der Waals surface area contributed by atoms with E-state index < -0.39 is 16.6 Å². The van der Waals surface area contributed by atoms with Crippen LogP contribution < -0.4 is 20.3 Å². The second kappa shape index (κ2) is 8.72. The van der Waals surface area contributed by atoms with Gasteiger partial charge in [-0.15, -0.1) is 0 Å². The number of anilines is 2. The van der Waals surface area contributed by atoms with Gasteiger partial charge in [0.05, 0.1) is 4.92 Å². The number of piperidine rings is 1. The lowest BCUT2D eigenvalue weighted by Crippen LogP contribution is -2.49. The van der Waals surface area contributed by atoms with E-state index in [1.165, 1.54) is 13.1 Å². The molecule has 11 heteroatoms. The Morgan fingerprint density at radius 2 is 2.18 bits per heavy atom. The molecule has 1 aromatic heterocycles. The largest absolute Gasteiger partial charge is 0.444 e. The highest BCUT2D eigenvalue weighted by atomic mass is 16.6. The van der Waals surface area contributed by atoms with Gasteiger partial charge < -0.3 is 25.0 Å². The van der Waals surface area contributed by atoms with Gasteiger partial charge in [0.2, 0.25) is 11.7 Å². The number of rotatable bonds is 6. The van der Waals surface area contributed by atoms with Gasteiger partial charge in [0.15, 0.2) is 0 Å². The Kier molecular flexibility index (Phi) is 6.60. The first-order valence-electron chi connectivity index (χ1n) is 8.86. The molecule has 2 rings (SSSR count). The van der Waals surface area contributed by atoms with Gasteiger partial charge >= 0.3 is 11.8 Å². The molecule has 1 saturated heterocycles. The van der Waals surface area contributed by atoms with Gasteiger partial charge in [-0.1, -0.05) is 0 Å².